The Bertz CT molecular complexity index is 473. The molecule has 0 spiro atoms. The molecule has 2 rings (SSSR count). The van der Waals surface area contributed by atoms with Gasteiger partial charge in [0.1, 0.15) is 0 Å². The zero-order chi connectivity index (χ0) is 15.3. The van der Waals surface area contributed by atoms with Crippen LogP contribution in [0, 0.1) is 0 Å². The van der Waals surface area contributed by atoms with E-state index in [4.69, 9.17) is 4.74 Å². The lowest BCUT2D eigenvalue weighted by Gasteiger charge is -2.40. The van der Waals surface area contributed by atoms with Crippen LogP contribution in [0.1, 0.15) is 56.3 Å². The molecular formula is C14H24N4O2S. The topological polar surface area (TPSA) is 76.1 Å². The second-order valence-electron chi connectivity index (χ2n) is 5.34. The van der Waals surface area contributed by atoms with Gasteiger partial charge >= 0.3 is 0 Å². The Balaban J connectivity index is 1.95. The van der Waals surface area contributed by atoms with Crippen molar-refractivity contribution in [2.24, 2.45) is 0 Å². The van der Waals surface area contributed by atoms with E-state index >= 15 is 0 Å². The maximum Gasteiger partial charge on any atom is 0.282 e. The van der Waals surface area contributed by atoms with E-state index < -0.39 is 0 Å². The molecule has 1 aromatic rings. The van der Waals surface area contributed by atoms with Gasteiger partial charge in [0.15, 0.2) is 0 Å². The minimum atomic E-state index is -0.135. The molecule has 2 heterocycles. The molecule has 0 radical (unpaired) electrons. The summed E-state index contributed by atoms with van der Waals surface area (Å²) in [6.07, 6.45) is 3.66. The highest BCUT2D eigenvalue weighted by molar-refractivity contribution is 7.17. The molecule has 0 saturated carbocycles. The second kappa shape index (κ2) is 7.17. The first kappa shape index (κ1) is 16.2. The monoisotopic (exact) mass is 312 g/mol. The predicted octanol–water partition coefficient (Wildman–Crippen LogP) is 2.44. The van der Waals surface area contributed by atoms with Crippen LogP contribution in [0.2, 0.25) is 0 Å². The predicted molar refractivity (Wildman–Crippen MR) is 83.8 cm³/mol. The van der Waals surface area contributed by atoms with E-state index in [1.807, 2.05) is 6.92 Å². The van der Waals surface area contributed by atoms with Crippen LogP contribution >= 0.6 is 11.3 Å². The largest absolute Gasteiger partial charge is 0.375 e. The molecule has 1 unspecified atom stereocenters. The molecule has 0 aromatic carbocycles. The highest BCUT2D eigenvalue weighted by Gasteiger charge is 2.35. The van der Waals surface area contributed by atoms with Crippen molar-refractivity contribution in [2.45, 2.75) is 58.1 Å². The van der Waals surface area contributed by atoms with Gasteiger partial charge in [-0.15, -0.1) is 10.2 Å². The summed E-state index contributed by atoms with van der Waals surface area (Å²) in [5.74, 6) is -0.135. The Hall–Kier alpha value is -1.21. The number of hydrogen-bond acceptors (Lipinski definition) is 6. The van der Waals surface area contributed by atoms with Crippen LogP contribution in [-0.4, -0.2) is 40.9 Å². The highest BCUT2D eigenvalue weighted by Crippen LogP contribution is 2.31. The summed E-state index contributed by atoms with van der Waals surface area (Å²) in [6, 6.07) is 0.151. The molecule has 1 aromatic heterocycles. The van der Waals surface area contributed by atoms with Gasteiger partial charge in [-0.1, -0.05) is 25.2 Å². The van der Waals surface area contributed by atoms with E-state index in [9.17, 15) is 4.79 Å². The van der Waals surface area contributed by atoms with Gasteiger partial charge < -0.3 is 15.4 Å². The Labute approximate surface area is 129 Å². The Morgan fingerprint density at radius 1 is 1.38 bits per heavy atom. The zero-order valence-corrected chi connectivity index (χ0v) is 13.8. The molecule has 0 aliphatic carbocycles. The van der Waals surface area contributed by atoms with Crippen molar-refractivity contribution in [1.29, 1.82) is 0 Å². The van der Waals surface area contributed by atoms with Gasteiger partial charge in [0.25, 0.3) is 5.91 Å². The number of nitrogens with one attached hydrogen (secondary N) is 2. The van der Waals surface area contributed by atoms with E-state index in [1.54, 1.807) is 0 Å². The zero-order valence-electron chi connectivity index (χ0n) is 12.9. The summed E-state index contributed by atoms with van der Waals surface area (Å²) in [4.78, 5) is 12.2. The number of amides is 1. The van der Waals surface area contributed by atoms with Gasteiger partial charge in [0, 0.05) is 19.2 Å². The number of rotatable bonds is 6. The van der Waals surface area contributed by atoms with E-state index in [0.717, 1.165) is 32.2 Å². The lowest BCUT2D eigenvalue weighted by molar-refractivity contribution is -0.0917. The van der Waals surface area contributed by atoms with E-state index in [0.29, 0.717) is 16.7 Å². The first-order chi connectivity index (χ1) is 10.1. The van der Waals surface area contributed by atoms with Crippen molar-refractivity contribution in [3.05, 3.63) is 5.01 Å². The fourth-order valence-electron chi connectivity index (χ4n) is 2.68. The van der Waals surface area contributed by atoms with Crippen molar-refractivity contribution in [3.8, 4) is 0 Å². The molecule has 6 nitrogen and oxygen atoms in total. The normalized spacial score (nSPS) is 21.0. The number of ether oxygens (including phenoxy) is 1. The molecule has 7 heteroatoms. The van der Waals surface area contributed by atoms with Gasteiger partial charge in [-0.05, 0) is 32.6 Å². The molecule has 1 amide bonds. The average Bonchev–Trinajstić information content (AvgIpc) is 2.96. The van der Waals surface area contributed by atoms with Crippen LogP contribution in [0.3, 0.4) is 0 Å². The smallest absolute Gasteiger partial charge is 0.282 e. The summed E-state index contributed by atoms with van der Waals surface area (Å²) >= 11 is 1.29. The van der Waals surface area contributed by atoms with Gasteiger partial charge in [-0.3, -0.25) is 4.79 Å². The fraction of sp³-hybridized carbons (Fsp3) is 0.786. The van der Waals surface area contributed by atoms with Crippen molar-refractivity contribution in [3.63, 3.8) is 0 Å². The van der Waals surface area contributed by atoms with Crippen molar-refractivity contribution in [2.75, 3.05) is 18.5 Å². The number of aromatic nitrogens is 2. The molecule has 21 heavy (non-hydrogen) atoms. The Kier molecular flexibility index (Phi) is 5.52. The quantitative estimate of drug-likeness (QED) is 0.844. The summed E-state index contributed by atoms with van der Waals surface area (Å²) < 4.78 is 5.93. The molecule has 118 valence electrons. The minimum Gasteiger partial charge on any atom is -0.375 e. The molecule has 1 aliphatic heterocycles. The third-order valence-corrected chi connectivity index (χ3v) is 4.94. The van der Waals surface area contributed by atoms with E-state index in [2.05, 4.69) is 34.7 Å². The summed E-state index contributed by atoms with van der Waals surface area (Å²) in [6.45, 7) is 7.73. The van der Waals surface area contributed by atoms with Gasteiger partial charge in [-0.25, -0.2) is 0 Å². The average molecular weight is 312 g/mol. The molecule has 1 saturated heterocycles. The SMILES string of the molecule is CCNc1nnc(C(=O)NC2CCOC(CC)(CC)C2)s1. The van der Waals surface area contributed by atoms with E-state index in [1.165, 1.54) is 11.3 Å². The van der Waals surface area contributed by atoms with Gasteiger partial charge in [0.2, 0.25) is 10.1 Å². The summed E-state index contributed by atoms with van der Waals surface area (Å²) in [5.41, 5.74) is -0.0910. The standard InChI is InChI=1S/C14H24N4O2S/c1-4-14(5-2)9-10(7-8-20-14)16-11(19)12-17-18-13(21-12)15-6-3/h10H,4-9H2,1-3H3,(H,15,18)(H,16,19). The van der Waals surface area contributed by atoms with Crippen LogP contribution in [0.25, 0.3) is 0 Å². The molecular weight excluding hydrogens is 288 g/mol. The fourth-order valence-corrected chi connectivity index (χ4v) is 3.39. The van der Waals surface area contributed by atoms with Crippen LogP contribution in [0.15, 0.2) is 0 Å². The number of carbonyl (C=O) groups excluding carboxylic acids is 1. The lowest BCUT2D eigenvalue weighted by atomic mass is 9.86. The van der Waals surface area contributed by atoms with Crippen molar-refractivity contribution >= 4 is 22.4 Å². The second-order valence-corrected chi connectivity index (χ2v) is 6.32. The number of anilines is 1. The van der Waals surface area contributed by atoms with E-state index in [-0.39, 0.29) is 17.6 Å². The van der Waals surface area contributed by atoms with Crippen molar-refractivity contribution < 1.29 is 9.53 Å². The van der Waals surface area contributed by atoms with Gasteiger partial charge in [-0.2, -0.15) is 0 Å². The molecule has 1 aliphatic rings. The minimum absolute atomic E-state index is 0.0910. The van der Waals surface area contributed by atoms with Gasteiger partial charge in [0.05, 0.1) is 5.60 Å². The first-order valence-electron chi connectivity index (χ1n) is 7.64. The maximum absolute atomic E-state index is 12.2. The molecule has 2 N–H and O–H groups in total. The Morgan fingerprint density at radius 2 is 2.14 bits per heavy atom. The van der Waals surface area contributed by atoms with Crippen molar-refractivity contribution in [1.82, 2.24) is 15.5 Å². The van der Waals surface area contributed by atoms with Crippen LogP contribution < -0.4 is 10.6 Å². The first-order valence-corrected chi connectivity index (χ1v) is 8.46. The van der Waals surface area contributed by atoms with Crippen LogP contribution in [0.5, 0.6) is 0 Å². The molecule has 0 bridgehead atoms. The lowest BCUT2D eigenvalue weighted by Crippen LogP contribution is -2.48. The third kappa shape index (κ3) is 3.91. The number of hydrogen-bond donors (Lipinski definition) is 2. The molecule has 1 fully saturated rings. The maximum atomic E-state index is 12.2. The highest BCUT2D eigenvalue weighted by atomic mass is 32.1. The third-order valence-electron chi connectivity index (χ3n) is 4.06. The molecule has 1 atom stereocenters. The van der Waals surface area contributed by atoms with Crippen LogP contribution in [0.4, 0.5) is 5.13 Å². The van der Waals surface area contributed by atoms with Crippen LogP contribution in [-0.2, 0) is 4.74 Å². The Morgan fingerprint density at radius 3 is 2.81 bits per heavy atom. The summed E-state index contributed by atoms with van der Waals surface area (Å²) in [5, 5.41) is 15.1. The number of nitrogens with zero attached hydrogens (tertiary/aromatic N) is 2. The summed E-state index contributed by atoms with van der Waals surface area (Å²) in [7, 11) is 0. The number of carbonyl (C=O) groups is 1.